The third-order valence-electron chi connectivity index (χ3n) is 3.51. The van der Waals surface area contributed by atoms with Crippen molar-refractivity contribution >= 4 is 17.6 Å². The van der Waals surface area contributed by atoms with Crippen LogP contribution in [0.25, 0.3) is 0 Å². The molecule has 0 aliphatic carbocycles. The predicted octanol–water partition coefficient (Wildman–Crippen LogP) is 1.19. The van der Waals surface area contributed by atoms with Crippen molar-refractivity contribution < 1.29 is 19.8 Å². The number of hydrogen-bond donors (Lipinski definition) is 3. The van der Waals surface area contributed by atoms with E-state index in [9.17, 15) is 0 Å². The lowest BCUT2D eigenvalue weighted by molar-refractivity contribution is -0.159. The molecule has 1 fully saturated rings. The zero-order valence-corrected chi connectivity index (χ0v) is 12.2. The molecule has 1 heterocycles. The van der Waals surface area contributed by atoms with Gasteiger partial charge in [0.2, 0.25) is 0 Å². The molecule has 0 radical (unpaired) electrons. The summed E-state index contributed by atoms with van der Waals surface area (Å²) in [5, 5.41) is 14.8. The summed E-state index contributed by atoms with van der Waals surface area (Å²) in [4.78, 5) is 20.6. The van der Waals surface area contributed by atoms with E-state index in [1.807, 2.05) is 0 Å². The number of hydrogen-bond acceptors (Lipinski definition) is 4. The first-order chi connectivity index (χ1) is 9.97. The molecule has 1 unspecified atom stereocenters. The highest BCUT2D eigenvalue weighted by atomic mass is 16.4. The molecule has 0 aromatic heterocycles. The Balaban J connectivity index is 0.000000315. The Bertz CT molecular complexity index is 461. The Morgan fingerprint density at radius 2 is 1.81 bits per heavy atom. The van der Waals surface area contributed by atoms with Gasteiger partial charge in [-0.05, 0) is 43.0 Å². The fourth-order valence-electron chi connectivity index (χ4n) is 2.20. The second kappa shape index (κ2) is 8.26. The molecule has 1 atom stereocenters. The van der Waals surface area contributed by atoms with Gasteiger partial charge in [0, 0.05) is 18.8 Å². The quantitative estimate of drug-likeness (QED) is 0.723. The molecular weight excluding hydrogens is 272 g/mol. The van der Waals surface area contributed by atoms with Crippen molar-refractivity contribution in [1.29, 1.82) is 0 Å². The van der Waals surface area contributed by atoms with Crippen LogP contribution in [0.3, 0.4) is 0 Å². The van der Waals surface area contributed by atoms with Gasteiger partial charge < -0.3 is 20.8 Å². The summed E-state index contributed by atoms with van der Waals surface area (Å²) in [6, 6.07) is 8.92. The zero-order chi connectivity index (χ0) is 15.8. The topological polar surface area (TPSA) is 104 Å². The molecule has 0 spiro atoms. The molecule has 2 rings (SSSR count). The maximum absolute atomic E-state index is 9.10. The number of carbonyl (C=O) groups is 2. The average Bonchev–Trinajstić information content (AvgIpc) is 2.97. The summed E-state index contributed by atoms with van der Waals surface area (Å²) in [6.45, 7) is 5.30. The van der Waals surface area contributed by atoms with Crippen molar-refractivity contribution in [3.8, 4) is 0 Å². The Kier molecular flexibility index (Phi) is 6.68. The van der Waals surface area contributed by atoms with Gasteiger partial charge in [-0.15, -0.1) is 0 Å². The van der Waals surface area contributed by atoms with Crippen LogP contribution in [0, 0.1) is 5.92 Å². The first-order valence-corrected chi connectivity index (χ1v) is 6.98. The minimum atomic E-state index is -1.82. The molecule has 116 valence electrons. The van der Waals surface area contributed by atoms with Gasteiger partial charge in [0.25, 0.3) is 0 Å². The number of nitrogens with two attached hydrogens (primary N) is 1. The van der Waals surface area contributed by atoms with Crippen molar-refractivity contribution in [1.82, 2.24) is 0 Å². The second-order valence-electron chi connectivity index (χ2n) is 4.97. The summed E-state index contributed by atoms with van der Waals surface area (Å²) >= 11 is 0. The van der Waals surface area contributed by atoms with Crippen molar-refractivity contribution in [2.24, 2.45) is 11.7 Å². The highest BCUT2D eigenvalue weighted by Crippen LogP contribution is 2.23. The standard InChI is InChI=1S/C13H20N2.C2H2O4/c1-2-11-3-5-13(6-4-11)15-8-7-12(9-14)10-15;3-1(4)2(5)6/h3-6,12H,2,7-10,14H2,1H3;(H,3,4)(H,5,6). The molecule has 1 saturated heterocycles. The van der Waals surface area contributed by atoms with Gasteiger partial charge in [0.05, 0.1) is 0 Å². The SMILES string of the molecule is CCc1ccc(N2CCC(CN)C2)cc1.O=C(O)C(=O)O. The lowest BCUT2D eigenvalue weighted by atomic mass is 10.1. The van der Waals surface area contributed by atoms with Crippen molar-refractivity contribution in [3.05, 3.63) is 29.8 Å². The average molecular weight is 294 g/mol. The highest BCUT2D eigenvalue weighted by Gasteiger charge is 2.20. The van der Waals surface area contributed by atoms with Gasteiger partial charge in [-0.3, -0.25) is 0 Å². The van der Waals surface area contributed by atoms with Crippen molar-refractivity contribution in [2.45, 2.75) is 19.8 Å². The zero-order valence-electron chi connectivity index (χ0n) is 12.2. The lowest BCUT2D eigenvalue weighted by Crippen LogP contribution is -2.22. The maximum atomic E-state index is 9.10. The van der Waals surface area contributed by atoms with Crippen molar-refractivity contribution in [3.63, 3.8) is 0 Å². The first kappa shape index (κ1) is 17.0. The lowest BCUT2D eigenvalue weighted by Gasteiger charge is -2.18. The largest absolute Gasteiger partial charge is 0.473 e. The molecule has 1 aromatic rings. The third kappa shape index (κ3) is 5.43. The molecular formula is C15H22N2O4. The summed E-state index contributed by atoms with van der Waals surface area (Å²) in [7, 11) is 0. The molecule has 4 N–H and O–H groups in total. The van der Waals surface area contributed by atoms with Crippen LogP contribution in [0.15, 0.2) is 24.3 Å². The minimum absolute atomic E-state index is 0.691. The monoisotopic (exact) mass is 294 g/mol. The molecule has 0 amide bonds. The Morgan fingerprint density at radius 3 is 2.19 bits per heavy atom. The summed E-state index contributed by atoms with van der Waals surface area (Å²) < 4.78 is 0. The van der Waals surface area contributed by atoms with E-state index in [1.165, 1.54) is 17.7 Å². The molecule has 1 aliphatic heterocycles. The van der Waals surface area contributed by atoms with Crippen LogP contribution >= 0.6 is 0 Å². The van der Waals surface area contributed by atoms with Crippen LogP contribution in [-0.2, 0) is 16.0 Å². The van der Waals surface area contributed by atoms with Crippen LogP contribution in [-0.4, -0.2) is 41.8 Å². The fourth-order valence-corrected chi connectivity index (χ4v) is 2.20. The summed E-state index contributed by atoms with van der Waals surface area (Å²) in [5.74, 6) is -2.96. The third-order valence-corrected chi connectivity index (χ3v) is 3.51. The number of carboxylic acids is 2. The second-order valence-corrected chi connectivity index (χ2v) is 4.97. The van der Waals surface area contributed by atoms with E-state index >= 15 is 0 Å². The predicted molar refractivity (Wildman–Crippen MR) is 80.5 cm³/mol. The molecule has 6 nitrogen and oxygen atoms in total. The van der Waals surface area contributed by atoms with E-state index in [1.54, 1.807) is 0 Å². The molecule has 1 aliphatic rings. The number of anilines is 1. The Labute approximate surface area is 124 Å². The van der Waals surface area contributed by atoms with E-state index in [0.29, 0.717) is 5.92 Å². The van der Waals surface area contributed by atoms with Crippen molar-refractivity contribution in [2.75, 3.05) is 24.5 Å². The van der Waals surface area contributed by atoms with Crippen LogP contribution in [0.1, 0.15) is 18.9 Å². The number of benzene rings is 1. The molecule has 0 bridgehead atoms. The van der Waals surface area contributed by atoms with E-state index < -0.39 is 11.9 Å². The van der Waals surface area contributed by atoms with Gasteiger partial charge >= 0.3 is 11.9 Å². The van der Waals surface area contributed by atoms with Gasteiger partial charge in [0.1, 0.15) is 0 Å². The highest BCUT2D eigenvalue weighted by molar-refractivity contribution is 6.27. The number of aryl methyl sites for hydroxylation is 1. The van der Waals surface area contributed by atoms with E-state index in [2.05, 4.69) is 36.1 Å². The fraction of sp³-hybridized carbons (Fsp3) is 0.467. The molecule has 21 heavy (non-hydrogen) atoms. The Hall–Kier alpha value is -2.08. The number of nitrogens with zero attached hydrogens (tertiary/aromatic N) is 1. The molecule has 0 saturated carbocycles. The molecule has 6 heteroatoms. The van der Waals surface area contributed by atoms with E-state index in [4.69, 9.17) is 25.5 Å². The maximum Gasteiger partial charge on any atom is 0.414 e. The van der Waals surface area contributed by atoms with Gasteiger partial charge in [-0.25, -0.2) is 9.59 Å². The first-order valence-electron chi connectivity index (χ1n) is 6.98. The Morgan fingerprint density at radius 1 is 1.24 bits per heavy atom. The van der Waals surface area contributed by atoms with Crippen LogP contribution < -0.4 is 10.6 Å². The molecule has 1 aromatic carbocycles. The van der Waals surface area contributed by atoms with Crippen LogP contribution in [0.2, 0.25) is 0 Å². The van der Waals surface area contributed by atoms with Crippen LogP contribution in [0.5, 0.6) is 0 Å². The number of carboxylic acid groups (broad SMARTS) is 2. The van der Waals surface area contributed by atoms with E-state index in [0.717, 1.165) is 26.1 Å². The van der Waals surface area contributed by atoms with Gasteiger partial charge in [-0.1, -0.05) is 19.1 Å². The summed E-state index contributed by atoms with van der Waals surface area (Å²) in [5.41, 5.74) is 8.45. The summed E-state index contributed by atoms with van der Waals surface area (Å²) in [6.07, 6.45) is 2.36. The van der Waals surface area contributed by atoms with Gasteiger partial charge in [0.15, 0.2) is 0 Å². The van der Waals surface area contributed by atoms with E-state index in [-0.39, 0.29) is 0 Å². The number of aliphatic carboxylic acids is 2. The van der Waals surface area contributed by atoms with Gasteiger partial charge in [-0.2, -0.15) is 0 Å². The minimum Gasteiger partial charge on any atom is -0.473 e. The normalized spacial score (nSPS) is 17.0. The number of rotatable bonds is 3. The van der Waals surface area contributed by atoms with Crippen LogP contribution in [0.4, 0.5) is 5.69 Å². The smallest absolute Gasteiger partial charge is 0.414 e.